The number of para-hydroxylation sites is 1. The molecular weight excluding hydrogens is 328 g/mol. The summed E-state index contributed by atoms with van der Waals surface area (Å²) in [5.41, 5.74) is 1.71. The highest BCUT2D eigenvalue weighted by Gasteiger charge is 2.26. The smallest absolute Gasteiger partial charge is 0.155 e. The van der Waals surface area contributed by atoms with Crippen LogP contribution in [0.15, 0.2) is 28.7 Å². The lowest BCUT2D eigenvalue weighted by Gasteiger charge is -2.15. The van der Waals surface area contributed by atoms with Crippen molar-refractivity contribution in [1.29, 1.82) is 0 Å². The molecule has 0 radical (unpaired) electrons. The van der Waals surface area contributed by atoms with Gasteiger partial charge in [-0.3, -0.25) is 4.79 Å². The van der Waals surface area contributed by atoms with Crippen LogP contribution in [-0.4, -0.2) is 16.1 Å². The van der Waals surface area contributed by atoms with Crippen molar-refractivity contribution >= 4 is 33.8 Å². The zero-order valence-corrected chi connectivity index (χ0v) is 13.3. The summed E-state index contributed by atoms with van der Waals surface area (Å²) < 4.78 is 2.47. The summed E-state index contributed by atoms with van der Waals surface area (Å²) >= 11 is 9.76. The zero-order chi connectivity index (χ0) is 14.2. The van der Waals surface area contributed by atoms with E-state index >= 15 is 0 Å². The fourth-order valence-corrected chi connectivity index (χ4v) is 2.57. The Morgan fingerprint density at radius 3 is 2.42 bits per heavy atom. The number of hydrogen-bond donors (Lipinski definition) is 0. The van der Waals surface area contributed by atoms with Gasteiger partial charge in [-0.1, -0.05) is 44.5 Å². The van der Waals surface area contributed by atoms with Gasteiger partial charge in [0.25, 0.3) is 0 Å². The highest BCUT2D eigenvalue weighted by molar-refractivity contribution is 9.10. The number of aromatic nitrogens is 2. The first-order chi connectivity index (χ1) is 8.86. The fraction of sp³-hybridized carbons (Fsp3) is 0.286. The van der Waals surface area contributed by atoms with Gasteiger partial charge in [0.1, 0.15) is 5.15 Å². The van der Waals surface area contributed by atoms with E-state index in [0.717, 1.165) is 16.4 Å². The predicted molar refractivity (Wildman–Crippen MR) is 80.4 cm³/mol. The van der Waals surface area contributed by atoms with Crippen molar-refractivity contribution < 1.29 is 4.79 Å². The lowest BCUT2D eigenvalue weighted by atomic mass is 9.90. The molecule has 0 aliphatic rings. The molecule has 1 aromatic carbocycles. The van der Waals surface area contributed by atoms with Crippen LogP contribution in [-0.2, 0) is 5.41 Å². The number of benzene rings is 1. The minimum Gasteiger partial charge on any atom is -0.298 e. The van der Waals surface area contributed by atoms with Crippen LogP contribution in [0.3, 0.4) is 0 Å². The third kappa shape index (κ3) is 2.60. The number of carbonyl (C=O) groups is 1. The summed E-state index contributed by atoms with van der Waals surface area (Å²) in [7, 11) is 0. The van der Waals surface area contributed by atoms with Crippen molar-refractivity contribution in [2.45, 2.75) is 26.2 Å². The molecule has 0 saturated heterocycles. The molecular formula is C14H14BrClN2O. The van der Waals surface area contributed by atoms with Gasteiger partial charge in [0.15, 0.2) is 6.29 Å². The van der Waals surface area contributed by atoms with Gasteiger partial charge in [-0.15, -0.1) is 0 Å². The van der Waals surface area contributed by atoms with Gasteiger partial charge >= 0.3 is 0 Å². The fourth-order valence-electron chi connectivity index (χ4n) is 1.85. The number of nitrogens with zero attached hydrogens (tertiary/aromatic N) is 2. The molecule has 0 saturated carbocycles. The summed E-state index contributed by atoms with van der Waals surface area (Å²) in [5, 5.41) is 4.85. The van der Waals surface area contributed by atoms with Crippen LogP contribution in [0.5, 0.6) is 0 Å². The molecule has 0 spiro atoms. The first kappa shape index (κ1) is 14.3. The van der Waals surface area contributed by atoms with E-state index in [1.54, 1.807) is 4.68 Å². The lowest BCUT2D eigenvalue weighted by Crippen LogP contribution is -2.14. The normalized spacial score (nSPS) is 11.6. The molecule has 2 rings (SSSR count). The van der Waals surface area contributed by atoms with Gasteiger partial charge < -0.3 is 0 Å². The monoisotopic (exact) mass is 340 g/mol. The molecule has 0 atom stereocenters. The average Bonchev–Trinajstić information content (AvgIpc) is 2.67. The van der Waals surface area contributed by atoms with Gasteiger partial charge in [-0.25, -0.2) is 4.68 Å². The second-order valence-corrected chi connectivity index (χ2v) is 6.50. The van der Waals surface area contributed by atoms with Crippen LogP contribution in [0.4, 0.5) is 0 Å². The van der Waals surface area contributed by atoms with Gasteiger partial charge in [-0.2, -0.15) is 5.10 Å². The molecule has 0 amide bonds. The average molecular weight is 342 g/mol. The van der Waals surface area contributed by atoms with Crippen LogP contribution in [0.25, 0.3) is 5.69 Å². The molecule has 19 heavy (non-hydrogen) atoms. The maximum Gasteiger partial charge on any atom is 0.155 e. The van der Waals surface area contributed by atoms with Gasteiger partial charge in [-0.05, 0) is 28.1 Å². The quantitative estimate of drug-likeness (QED) is 0.759. The highest BCUT2D eigenvalue weighted by Crippen LogP contribution is 2.32. The number of carbonyl (C=O) groups excluding carboxylic acids is 1. The Morgan fingerprint density at radius 2 is 1.95 bits per heavy atom. The van der Waals surface area contributed by atoms with E-state index in [9.17, 15) is 4.79 Å². The first-order valence-electron chi connectivity index (χ1n) is 5.85. The Hall–Kier alpha value is -1.13. The van der Waals surface area contributed by atoms with E-state index in [4.69, 9.17) is 11.6 Å². The maximum absolute atomic E-state index is 11.3. The van der Waals surface area contributed by atoms with Crippen molar-refractivity contribution in [2.24, 2.45) is 0 Å². The van der Waals surface area contributed by atoms with E-state index < -0.39 is 0 Å². The van der Waals surface area contributed by atoms with E-state index in [0.29, 0.717) is 16.4 Å². The van der Waals surface area contributed by atoms with Crippen LogP contribution in [0, 0.1) is 0 Å². The molecule has 0 bridgehead atoms. The molecule has 0 fully saturated rings. The van der Waals surface area contributed by atoms with Crippen LogP contribution >= 0.6 is 27.5 Å². The summed E-state index contributed by atoms with van der Waals surface area (Å²) in [4.78, 5) is 11.3. The summed E-state index contributed by atoms with van der Waals surface area (Å²) in [6.45, 7) is 6.01. The molecule has 0 aliphatic carbocycles. The SMILES string of the molecule is CC(C)(C)c1nn(-c2ccccc2Br)c(Cl)c1C=O. The first-order valence-corrected chi connectivity index (χ1v) is 7.02. The van der Waals surface area contributed by atoms with Crippen molar-refractivity contribution in [1.82, 2.24) is 9.78 Å². The van der Waals surface area contributed by atoms with E-state index in [1.165, 1.54) is 0 Å². The number of hydrogen-bond acceptors (Lipinski definition) is 2. The predicted octanol–water partition coefficient (Wildman–Crippen LogP) is 4.40. The molecule has 3 nitrogen and oxygen atoms in total. The van der Waals surface area contributed by atoms with Gasteiger partial charge in [0, 0.05) is 9.89 Å². The van der Waals surface area contributed by atoms with Crippen LogP contribution < -0.4 is 0 Å². The third-order valence-corrected chi connectivity index (χ3v) is 3.81. The number of halogens is 2. The van der Waals surface area contributed by atoms with E-state index in [1.807, 2.05) is 45.0 Å². The van der Waals surface area contributed by atoms with Gasteiger partial charge in [0.2, 0.25) is 0 Å². The molecule has 1 aromatic heterocycles. The van der Waals surface area contributed by atoms with Crippen LogP contribution in [0.1, 0.15) is 36.8 Å². The molecule has 0 N–H and O–H groups in total. The summed E-state index contributed by atoms with van der Waals surface area (Å²) in [5.74, 6) is 0. The third-order valence-electron chi connectivity index (χ3n) is 2.77. The molecule has 2 aromatic rings. The maximum atomic E-state index is 11.3. The number of aldehydes is 1. The molecule has 5 heteroatoms. The second kappa shape index (κ2) is 5.10. The molecule has 0 unspecified atom stereocenters. The van der Waals surface area contributed by atoms with Crippen molar-refractivity contribution in [3.63, 3.8) is 0 Å². The van der Waals surface area contributed by atoms with Crippen molar-refractivity contribution in [2.75, 3.05) is 0 Å². The Bertz CT molecular complexity index is 629. The minimum absolute atomic E-state index is 0.244. The standard InChI is InChI=1S/C14H14BrClN2O/c1-14(2,3)12-9(8-19)13(16)18(17-12)11-7-5-4-6-10(11)15/h4-8H,1-3H3. The highest BCUT2D eigenvalue weighted by atomic mass is 79.9. The van der Waals surface area contributed by atoms with E-state index in [-0.39, 0.29) is 5.41 Å². The molecule has 0 aliphatic heterocycles. The zero-order valence-electron chi connectivity index (χ0n) is 10.9. The van der Waals surface area contributed by atoms with Gasteiger partial charge in [0.05, 0.1) is 16.9 Å². The molecule has 1 heterocycles. The summed E-state index contributed by atoms with van der Waals surface area (Å²) in [6, 6.07) is 7.61. The molecule has 100 valence electrons. The summed E-state index contributed by atoms with van der Waals surface area (Å²) in [6.07, 6.45) is 0.767. The Labute approximate surface area is 125 Å². The minimum atomic E-state index is -0.244. The Balaban J connectivity index is 2.71. The topological polar surface area (TPSA) is 34.9 Å². The van der Waals surface area contributed by atoms with Crippen LogP contribution in [0.2, 0.25) is 5.15 Å². The Morgan fingerprint density at radius 1 is 1.32 bits per heavy atom. The lowest BCUT2D eigenvalue weighted by molar-refractivity contribution is 0.112. The van der Waals surface area contributed by atoms with Crippen molar-refractivity contribution in [3.8, 4) is 5.69 Å². The van der Waals surface area contributed by atoms with E-state index in [2.05, 4.69) is 21.0 Å². The largest absolute Gasteiger partial charge is 0.298 e. The Kier molecular flexibility index (Phi) is 3.83. The number of rotatable bonds is 2. The second-order valence-electron chi connectivity index (χ2n) is 5.28. The van der Waals surface area contributed by atoms with Crippen molar-refractivity contribution in [3.05, 3.63) is 45.1 Å².